The summed E-state index contributed by atoms with van der Waals surface area (Å²) in [6.07, 6.45) is 1.63. The topological polar surface area (TPSA) is 49.5 Å². The lowest BCUT2D eigenvalue weighted by Gasteiger charge is -2.40. The van der Waals surface area contributed by atoms with E-state index >= 15 is 0 Å². The van der Waals surface area contributed by atoms with Gasteiger partial charge in [0.25, 0.3) is 0 Å². The Hall–Kier alpha value is -0.420. The molecule has 1 heterocycles. The van der Waals surface area contributed by atoms with E-state index in [1.807, 2.05) is 19.1 Å². The first-order chi connectivity index (χ1) is 8.52. The molecule has 1 atom stereocenters. The maximum absolute atomic E-state index is 10.00. The first kappa shape index (κ1) is 14.0. The number of nitrogens with zero attached hydrogens (tertiary/aromatic N) is 1. The van der Waals surface area contributed by atoms with Gasteiger partial charge in [-0.25, -0.2) is 0 Å². The molecule has 1 aliphatic rings. The van der Waals surface area contributed by atoms with Gasteiger partial charge in [0.2, 0.25) is 0 Å². The molecular weight excluding hydrogens is 292 g/mol. The second-order valence-electron chi connectivity index (χ2n) is 5.34. The number of piperidine rings is 1. The van der Waals surface area contributed by atoms with Crippen LogP contribution >= 0.6 is 15.9 Å². The maximum Gasteiger partial charge on any atom is 0.0644 e. The van der Waals surface area contributed by atoms with Crippen molar-refractivity contribution in [1.82, 2.24) is 4.90 Å². The van der Waals surface area contributed by atoms with Crippen LogP contribution in [0.2, 0.25) is 0 Å². The van der Waals surface area contributed by atoms with Gasteiger partial charge in [-0.05, 0) is 37.5 Å². The van der Waals surface area contributed by atoms with Crippen LogP contribution < -0.4 is 5.73 Å². The zero-order chi connectivity index (χ0) is 13.2. The number of benzene rings is 1. The largest absolute Gasteiger partial charge is 0.390 e. The van der Waals surface area contributed by atoms with Gasteiger partial charge in [0.05, 0.1) is 5.60 Å². The smallest absolute Gasteiger partial charge is 0.0644 e. The van der Waals surface area contributed by atoms with E-state index in [4.69, 9.17) is 5.73 Å². The fourth-order valence-corrected chi connectivity index (χ4v) is 2.94. The fourth-order valence-electron chi connectivity index (χ4n) is 2.53. The Bertz CT molecular complexity index is 399. The Balaban J connectivity index is 2.10. The Labute approximate surface area is 117 Å². The molecule has 0 aromatic heterocycles. The highest BCUT2D eigenvalue weighted by atomic mass is 79.9. The minimum atomic E-state index is -0.507. The van der Waals surface area contributed by atoms with Gasteiger partial charge in [-0.2, -0.15) is 0 Å². The second-order valence-corrected chi connectivity index (χ2v) is 6.26. The van der Waals surface area contributed by atoms with E-state index < -0.39 is 5.60 Å². The van der Waals surface area contributed by atoms with Gasteiger partial charge in [-0.1, -0.05) is 28.1 Å². The van der Waals surface area contributed by atoms with Crippen molar-refractivity contribution < 1.29 is 5.11 Å². The van der Waals surface area contributed by atoms with Crippen molar-refractivity contribution in [3.63, 3.8) is 0 Å². The van der Waals surface area contributed by atoms with Crippen LogP contribution in [0.5, 0.6) is 0 Å². The summed E-state index contributed by atoms with van der Waals surface area (Å²) in [5.41, 5.74) is 6.67. The molecule has 1 unspecified atom stereocenters. The standard InChI is InChI=1S/C14H21BrN2O/c1-14(18)5-7-17(8-6-14)13(10-16)11-3-2-4-12(15)9-11/h2-4,9,13,18H,5-8,10,16H2,1H3. The summed E-state index contributed by atoms with van der Waals surface area (Å²) in [6, 6.07) is 8.57. The molecule has 0 saturated carbocycles. The minimum Gasteiger partial charge on any atom is -0.390 e. The predicted molar refractivity (Wildman–Crippen MR) is 77.4 cm³/mol. The second kappa shape index (κ2) is 5.70. The summed E-state index contributed by atoms with van der Waals surface area (Å²) in [4.78, 5) is 2.37. The van der Waals surface area contributed by atoms with Gasteiger partial charge in [0.1, 0.15) is 0 Å². The SMILES string of the molecule is CC1(O)CCN(C(CN)c2cccc(Br)c2)CC1. The van der Waals surface area contributed by atoms with Crippen molar-refractivity contribution in [2.75, 3.05) is 19.6 Å². The quantitative estimate of drug-likeness (QED) is 0.900. The number of nitrogens with two attached hydrogens (primary N) is 1. The van der Waals surface area contributed by atoms with E-state index in [1.165, 1.54) is 5.56 Å². The Morgan fingerprint density at radius 1 is 1.44 bits per heavy atom. The fraction of sp³-hybridized carbons (Fsp3) is 0.571. The van der Waals surface area contributed by atoms with Gasteiger partial charge in [0, 0.05) is 30.1 Å². The molecule has 1 aliphatic heterocycles. The summed E-state index contributed by atoms with van der Waals surface area (Å²) in [6.45, 7) is 4.34. The molecular formula is C14H21BrN2O. The van der Waals surface area contributed by atoms with Crippen molar-refractivity contribution in [3.8, 4) is 0 Å². The Morgan fingerprint density at radius 3 is 2.67 bits per heavy atom. The van der Waals surface area contributed by atoms with Crippen LogP contribution in [-0.4, -0.2) is 35.2 Å². The summed E-state index contributed by atoms with van der Waals surface area (Å²) < 4.78 is 1.09. The number of hydrogen-bond acceptors (Lipinski definition) is 3. The molecule has 3 N–H and O–H groups in total. The average molecular weight is 313 g/mol. The first-order valence-corrected chi connectivity index (χ1v) is 7.23. The van der Waals surface area contributed by atoms with Crippen LogP contribution in [0.25, 0.3) is 0 Å². The third kappa shape index (κ3) is 3.32. The molecule has 1 fully saturated rings. The number of rotatable bonds is 3. The monoisotopic (exact) mass is 312 g/mol. The van der Waals surface area contributed by atoms with Crippen LogP contribution in [0.3, 0.4) is 0 Å². The van der Waals surface area contributed by atoms with Gasteiger partial charge < -0.3 is 10.8 Å². The minimum absolute atomic E-state index is 0.249. The lowest BCUT2D eigenvalue weighted by Crippen LogP contribution is -2.45. The van der Waals surface area contributed by atoms with Crippen molar-refractivity contribution in [2.45, 2.75) is 31.4 Å². The summed E-state index contributed by atoms with van der Waals surface area (Å²) in [7, 11) is 0. The third-order valence-corrected chi connectivity index (χ3v) is 4.27. The molecule has 1 saturated heterocycles. The van der Waals surface area contributed by atoms with Crippen LogP contribution in [0, 0.1) is 0 Å². The van der Waals surface area contributed by atoms with Gasteiger partial charge in [0.15, 0.2) is 0 Å². The Kier molecular flexibility index (Phi) is 4.43. The van der Waals surface area contributed by atoms with Crippen LogP contribution in [0.1, 0.15) is 31.4 Å². The zero-order valence-corrected chi connectivity index (χ0v) is 12.4. The van der Waals surface area contributed by atoms with E-state index in [-0.39, 0.29) is 6.04 Å². The Morgan fingerprint density at radius 2 is 2.11 bits per heavy atom. The van der Waals surface area contributed by atoms with E-state index in [0.717, 1.165) is 30.4 Å². The first-order valence-electron chi connectivity index (χ1n) is 6.44. The highest BCUT2D eigenvalue weighted by Gasteiger charge is 2.30. The number of likely N-dealkylation sites (tertiary alicyclic amines) is 1. The van der Waals surface area contributed by atoms with Gasteiger partial charge >= 0.3 is 0 Å². The lowest BCUT2D eigenvalue weighted by molar-refractivity contribution is -0.0160. The van der Waals surface area contributed by atoms with E-state index in [2.05, 4.69) is 33.0 Å². The van der Waals surface area contributed by atoms with Gasteiger partial charge in [-0.3, -0.25) is 4.90 Å². The van der Waals surface area contributed by atoms with E-state index in [0.29, 0.717) is 6.54 Å². The van der Waals surface area contributed by atoms with Crippen molar-refractivity contribution >= 4 is 15.9 Å². The van der Waals surface area contributed by atoms with Gasteiger partial charge in [-0.15, -0.1) is 0 Å². The molecule has 0 aliphatic carbocycles. The molecule has 1 aromatic carbocycles. The summed E-state index contributed by atoms with van der Waals surface area (Å²) in [5, 5.41) is 10.00. The summed E-state index contributed by atoms with van der Waals surface area (Å²) >= 11 is 3.50. The maximum atomic E-state index is 10.00. The zero-order valence-electron chi connectivity index (χ0n) is 10.8. The van der Waals surface area contributed by atoms with E-state index in [9.17, 15) is 5.11 Å². The van der Waals surface area contributed by atoms with Crippen LogP contribution in [0.15, 0.2) is 28.7 Å². The van der Waals surface area contributed by atoms with Crippen LogP contribution in [-0.2, 0) is 0 Å². The average Bonchev–Trinajstić information content (AvgIpc) is 2.32. The summed E-state index contributed by atoms with van der Waals surface area (Å²) in [5.74, 6) is 0. The molecule has 3 nitrogen and oxygen atoms in total. The normalized spacial score (nSPS) is 21.8. The number of halogens is 1. The number of aliphatic hydroxyl groups is 1. The highest BCUT2D eigenvalue weighted by Crippen LogP contribution is 2.29. The molecule has 1 aromatic rings. The van der Waals surface area contributed by atoms with E-state index in [1.54, 1.807) is 0 Å². The number of hydrogen-bond donors (Lipinski definition) is 2. The van der Waals surface area contributed by atoms with Crippen molar-refractivity contribution in [1.29, 1.82) is 0 Å². The highest BCUT2D eigenvalue weighted by molar-refractivity contribution is 9.10. The third-order valence-electron chi connectivity index (χ3n) is 3.77. The molecule has 0 radical (unpaired) electrons. The molecule has 0 bridgehead atoms. The molecule has 0 amide bonds. The van der Waals surface area contributed by atoms with Crippen molar-refractivity contribution in [2.24, 2.45) is 5.73 Å². The lowest BCUT2D eigenvalue weighted by atomic mass is 9.92. The molecule has 100 valence electrons. The molecule has 18 heavy (non-hydrogen) atoms. The molecule has 0 spiro atoms. The molecule has 4 heteroatoms. The van der Waals surface area contributed by atoms with Crippen molar-refractivity contribution in [3.05, 3.63) is 34.3 Å². The van der Waals surface area contributed by atoms with Crippen LogP contribution in [0.4, 0.5) is 0 Å². The predicted octanol–water partition coefficient (Wildman–Crippen LogP) is 2.30. The molecule has 2 rings (SSSR count).